The highest BCUT2D eigenvalue weighted by molar-refractivity contribution is 7.99. The molecule has 15 heavy (non-hydrogen) atoms. The number of carbonyl (C=O) groups excluding carboxylic acids is 1. The molecule has 1 aromatic rings. The third kappa shape index (κ3) is 4.53. The second-order valence-electron chi connectivity index (χ2n) is 3.20. The lowest BCUT2D eigenvalue weighted by Gasteiger charge is -2.08. The first-order chi connectivity index (χ1) is 7.11. The molecule has 0 aliphatic rings. The number of nitrogens with one attached hydrogen (secondary N) is 1. The summed E-state index contributed by atoms with van der Waals surface area (Å²) in [6, 6.07) is 0. The molecule has 0 fully saturated rings. The second kappa shape index (κ2) is 5.97. The molecule has 4 nitrogen and oxygen atoms in total. The van der Waals surface area contributed by atoms with Crippen LogP contribution < -0.4 is 11.1 Å². The Morgan fingerprint density at radius 1 is 1.80 bits per heavy atom. The first kappa shape index (κ1) is 12.3. The Bertz CT molecular complexity index is 327. The van der Waals surface area contributed by atoms with Gasteiger partial charge in [-0.1, -0.05) is 6.92 Å². The smallest absolute Gasteiger partial charge is 0.226 e. The molecule has 1 unspecified atom stereocenters. The SMILES string of the molecule is CSC(C)CNC(=O)Cc1csc(N)n1. The zero-order valence-electron chi connectivity index (χ0n) is 8.82. The zero-order valence-corrected chi connectivity index (χ0v) is 10.5. The van der Waals surface area contributed by atoms with Gasteiger partial charge in [0, 0.05) is 17.2 Å². The highest BCUT2D eigenvalue weighted by Gasteiger charge is 2.07. The molecule has 1 amide bonds. The summed E-state index contributed by atoms with van der Waals surface area (Å²) in [7, 11) is 0. The summed E-state index contributed by atoms with van der Waals surface area (Å²) in [5, 5.41) is 5.62. The van der Waals surface area contributed by atoms with E-state index in [1.807, 2.05) is 11.6 Å². The summed E-state index contributed by atoms with van der Waals surface area (Å²) in [6.45, 7) is 2.77. The van der Waals surface area contributed by atoms with E-state index in [1.165, 1.54) is 11.3 Å². The lowest BCUT2D eigenvalue weighted by atomic mass is 10.3. The van der Waals surface area contributed by atoms with Crippen molar-refractivity contribution in [2.45, 2.75) is 18.6 Å². The maximum absolute atomic E-state index is 11.4. The second-order valence-corrected chi connectivity index (χ2v) is 5.37. The van der Waals surface area contributed by atoms with Gasteiger partial charge in [-0.25, -0.2) is 4.98 Å². The van der Waals surface area contributed by atoms with Crippen LogP contribution in [-0.4, -0.2) is 28.9 Å². The minimum Gasteiger partial charge on any atom is -0.375 e. The van der Waals surface area contributed by atoms with Crippen molar-refractivity contribution in [3.05, 3.63) is 11.1 Å². The largest absolute Gasteiger partial charge is 0.375 e. The minimum atomic E-state index is 0.00111. The molecule has 0 spiro atoms. The Morgan fingerprint density at radius 2 is 2.53 bits per heavy atom. The maximum atomic E-state index is 11.4. The van der Waals surface area contributed by atoms with Gasteiger partial charge in [0.05, 0.1) is 12.1 Å². The molecule has 1 atom stereocenters. The number of hydrogen-bond donors (Lipinski definition) is 2. The number of nitrogen functional groups attached to an aromatic ring is 1. The van der Waals surface area contributed by atoms with Gasteiger partial charge in [0.25, 0.3) is 0 Å². The molecule has 1 rings (SSSR count). The molecule has 0 radical (unpaired) electrons. The summed E-state index contributed by atoms with van der Waals surface area (Å²) in [5.74, 6) is 0.00111. The van der Waals surface area contributed by atoms with Crippen LogP contribution in [0.1, 0.15) is 12.6 Å². The Balaban J connectivity index is 2.30. The molecule has 0 aromatic carbocycles. The fourth-order valence-corrected chi connectivity index (χ4v) is 1.78. The van der Waals surface area contributed by atoms with Crippen LogP contribution in [0.15, 0.2) is 5.38 Å². The number of anilines is 1. The van der Waals surface area contributed by atoms with Crippen LogP contribution in [0.3, 0.4) is 0 Å². The van der Waals surface area contributed by atoms with E-state index in [2.05, 4.69) is 17.2 Å². The molecule has 0 aliphatic carbocycles. The molecule has 0 saturated heterocycles. The van der Waals surface area contributed by atoms with Crippen molar-refractivity contribution in [2.24, 2.45) is 0 Å². The van der Waals surface area contributed by atoms with E-state index in [0.29, 0.717) is 23.3 Å². The number of nitrogens with two attached hydrogens (primary N) is 1. The van der Waals surface area contributed by atoms with Gasteiger partial charge in [-0.2, -0.15) is 11.8 Å². The van der Waals surface area contributed by atoms with Crippen LogP contribution in [0.5, 0.6) is 0 Å². The van der Waals surface area contributed by atoms with E-state index in [9.17, 15) is 4.79 Å². The lowest BCUT2D eigenvalue weighted by Crippen LogP contribution is -2.30. The van der Waals surface area contributed by atoms with Crippen LogP contribution in [0, 0.1) is 0 Å². The van der Waals surface area contributed by atoms with E-state index >= 15 is 0 Å². The molecule has 0 saturated carbocycles. The molecule has 1 aromatic heterocycles. The zero-order chi connectivity index (χ0) is 11.3. The third-order valence-corrected chi connectivity index (χ3v) is 3.59. The number of nitrogens with zero attached hydrogens (tertiary/aromatic N) is 1. The standard InChI is InChI=1S/C9H15N3OS2/c1-6(14-2)4-11-8(13)3-7-5-15-9(10)12-7/h5-6H,3-4H2,1-2H3,(H2,10,12)(H,11,13). The van der Waals surface area contributed by atoms with Gasteiger partial charge in [0.1, 0.15) is 0 Å². The quantitative estimate of drug-likeness (QED) is 0.816. The van der Waals surface area contributed by atoms with E-state index in [4.69, 9.17) is 5.73 Å². The van der Waals surface area contributed by atoms with Gasteiger partial charge in [0.2, 0.25) is 5.91 Å². The predicted octanol–water partition coefficient (Wildman–Crippen LogP) is 1.14. The monoisotopic (exact) mass is 245 g/mol. The highest BCUT2D eigenvalue weighted by Crippen LogP contribution is 2.11. The fourth-order valence-electron chi connectivity index (χ4n) is 0.972. The molecule has 84 valence electrons. The van der Waals surface area contributed by atoms with Crippen molar-refractivity contribution >= 4 is 34.1 Å². The van der Waals surface area contributed by atoms with Gasteiger partial charge in [-0.3, -0.25) is 4.79 Å². The molecule has 1 heterocycles. The van der Waals surface area contributed by atoms with E-state index in [1.54, 1.807) is 11.8 Å². The summed E-state index contributed by atoms with van der Waals surface area (Å²) in [5.41, 5.74) is 6.21. The summed E-state index contributed by atoms with van der Waals surface area (Å²) < 4.78 is 0. The first-order valence-corrected chi connectivity index (χ1v) is 6.78. The van der Waals surface area contributed by atoms with Crippen LogP contribution >= 0.6 is 23.1 Å². The van der Waals surface area contributed by atoms with Crippen LogP contribution in [0.4, 0.5) is 5.13 Å². The average Bonchev–Trinajstić information content (AvgIpc) is 2.60. The molecule has 3 N–H and O–H groups in total. The Hall–Kier alpha value is -0.750. The Kier molecular flexibility index (Phi) is 4.90. The highest BCUT2D eigenvalue weighted by atomic mass is 32.2. The number of amides is 1. The van der Waals surface area contributed by atoms with Crippen molar-refractivity contribution < 1.29 is 4.79 Å². The van der Waals surface area contributed by atoms with Gasteiger partial charge in [-0.05, 0) is 6.26 Å². The number of rotatable bonds is 5. The van der Waals surface area contributed by atoms with Crippen LogP contribution in [-0.2, 0) is 11.2 Å². The number of thioether (sulfide) groups is 1. The Labute approximate surface area is 97.7 Å². The van der Waals surface area contributed by atoms with Crippen LogP contribution in [0.2, 0.25) is 0 Å². The molecular formula is C9H15N3OS2. The van der Waals surface area contributed by atoms with Crippen molar-refractivity contribution in [1.82, 2.24) is 10.3 Å². The summed E-state index contributed by atoms with van der Waals surface area (Å²) in [4.78, 5) is 15.5. The predicted molar refractivity (Wildman–Crippen MR) is 66.2 cm³/mol. The van der Waals surface area contributed by atoms with Crippen molar-refractivity contribution in [3.8, 4) is 0 Å². The Morgan fingerprint density at radius 3 is 3.07 bits per heavy atom. The van der Waals surface area contributed by atoms with Gasteiger partial charge in [0.15, 0.2) is 5.13 Å². The number of thiazole rings is 1. The summed E-state index contributed by atoms with van der Waals surface area (Å²) in [6.07, 6.45) is 2.34. The topological polar surface area (TPSA) is 68.0 Å². The van der Waals surface area contributed by atoms with E-state index < -0.39 is 0 Å². The van der Waals surface area contributed by atoms with Crippen LogP contribution in [0.25, 0.3) is 0 Å². The molecule has 0 aliphatic heterocycles. The van der Waals surface area contributed by atoms with Gasteiger partial charge in [-0.15, -0.1) is 11.3 Å². The molecular weight excluding hydrogens is 230 g/mol. The number of hydrogen-bond acceptors (Lipinski definition) is 5. The maximum Gasteiger partial charge on any atom is 0.226 e. The van der Waals surface area contributed by atoms with E-state index in [-0.39, 0.29) is 5.91 Å². The third-order valence-electron chi connectivity index (χ3n) is 1.90. The van der Waals surface area contributed by atoms with Crippen molar-refractivity contribution in [3.63, 3.8) is 0 Å². The average molecular weight is 245 g/mol. The molecule has 0 bridgehead atoms. The van der Waals surface area contributed by atoms with Crippen molar-refractivity contribution in [1.29, 1.82) is 0 Å². The summed E-state index contributed by atoms with van der Waals surface area (Å²) >= 11 is 3.09. The van der Waals surface area contributed by atoms with Gasteiger partial charge >= 0.3 is 0 Å². The molecule has 6 heteroatoms. The fraction of sp³-hybridized carbons (Fsp3) is 0.556. The number of aromatic nitrogens is 1. The first-order valence-electron chi connectivity index (χ1n) is 4.61. The van der Waals surface area contributed by atoms with Crippen molar-refractivity contribution in [2.75, 3.05) is 18.5 Å². The normalized spacial score (nSPS) is 12.4. The number of carbonyl (C=O) groups is 1. The minimum absolute atomic E-state index is 0.00111. The van der Waals surface area contributed by atoms with Gasteiger partial charge < -0.3 is 11.1 Å². The van der Waals surface area contributed by atoms with E-state index in [0.717, 1.165) is 5.69 Å². The lowest BCUT2D eigenvalue weighted by molar-refractivity contribution is -0.120.